The van der Waals surface area contributed by atoms with Gasteiger partial charge >= 0.3 is 5.97 Å². The summed E-state index contributed by atoms with van der Waals surface area (Å²) >= 11 is 1.03. The van der Waals surface area contributed by atoms with E-state index in [0.29, 0.717) is 27.4 Å². The molecule has 1 fully saturated rings. The van der Waals surface area contributed by atoms with Crippen molar-refractivity contribution in [3.05, 3.63) is 76.6 Å². The minimum Gasteiger partial charge on any atom is -0.462 e. The smallest absolute Gasteiger partial charge is 0.338 e. The molecule has 2 aromatic carbocycles. The number of nitrogens with one attached hydrogen (secondary N) is 2. The number of hydrogen-bond donors (Lipinski definition) is 2. The number of thioether (sulfide) groups is 1. The first kappa shape index (κ1) is 20.5. The fourth-order valence-corrected chi connectivity index (χ4v) is 3.93. The van der Waals surface area contributed by atoms with Gasteiger partial charge in [-0.2, -0.15) is 5.10 Å². The zero-order valence-corrected chi connectivity index (χ0v) is 17.2. The van der Waals surface area contributed by atoms with Crippen LogP contribution in [0.25, 0.3) is 17.3 Å². The van der Waals surface area contributed by atoms with E-state index in [1.54, 1.807) is 55.6 Å². The Morgan fingerprint density at radius 2 is 1.94 bits per heavy atom. The van der Waals surface area contributed by atoms with Crippen LogP contribution in [-0.2, 0) is 9.53 Å². The molecule has 0 bridgehead atoms. The number of aromatic amines is 1. The zero-order valence-electron chi connectivity index (χ0n) is 16.4. The van der Waals surface area contributed by atoms with Gasteiger partial charge in [0.25, 0.3) is 5.91 Å². The molecule has 4 rings (SSSR count). The second-order valence-corrected chi connectivity index (χ2v) is 7.56. The van der Waals surface area contributed by atoms with Crippen LogP contribution in [-0.4, -0.2) is 33.8 Å². The molecule has 7 nitrogen and oxygen atoms in total. The summed E-state index contributed by atoms with van der Waals surface area (Å²) in [5.41, 5.74) is 2.86. The quantitative estimate of drug-likeness (QED) is 0.455. The predicted octanol–water partition coefficient (Wildman–Crippen LogP) is 4.45. The molecule has 31 heavy (non-hydrogen) atoms. The molecule has 156 valence electrons. The fourth-order valence-electron chi connectivity index (χ4n) is 3.08. The fraction of sp³-hybridized carbons (Fsp3) is 0.0909. The van der Waals surface area contributed by atoms with Crippen molar-refractivity contribution in [1.29, 1.82) is 5.41 Å². The Kier molecular flexibility index (Phi) is 5.68. The number of aromatic nitrogens is 2. The highest BCUT2D eigenvalue weighted by Gasteiger charge is 2.34. The largest absolute Gasteiger partial charge is 0.462 e. The molecule has 9 heteroatoms. The van der Waals surface area contributed by atoms with Gasteiger partial charge in [0.2, 0.25) is 0 Å². The third-order valence-corrected chi connectivity index (χ3v) is 5.44. The molecular weight excluding hydrogens is 419 g/mol. The van der Waals surface area contributed by atoms with Gasteiger partial charge in [-0.15, -0.1) is 0 Å². The number of rotatable bonds is 5. The maximum Gasteiger partial charge on any atom is 0.338 e. The number of amides is 1. The van der Waals surface area contributed by atoms with Gasteiger partial charge in [0, 0.05) is 11.1 Å². The van der Waals surface area contributed by atoms with Gasteiger partial charge < -0.3 is 4.74 Å². The molecule has 0 unspecified atom stereocenters. The molecule has 0 spiro atoms. The van der Waals surface area contributed by atoms with Crippen LogP contribution in [0.2, 0.25) is 0 Å². The Balaban J connectivity index is 1.59. The minimum atomic E-state index is -0.444. The van der Waals surface area contributed by atoms with E-state index < -0.39 is 5.97 Å². The number of anilines is 1. The van der Waals surface area contributed by atoms with E-state index in [-0.39, 0.29) is 23.5 Å². The van der Waals surface area contributed by atoms with E-state index >= 15 is 0 Å². The first-order chi connectivity index (χ1) is 15.0. The lowest BCUT2D eigenvalue weighted by atomic mass is 10.1. The van der Waals surface area contributed by atoms with Crippen LogP contribution in [0.3, 0.4) is 0 Å². The second-order valence-electron chi connectivity index (χ2n) is 6.53. The number of esters is 1. The van der Waals surface area contributed by atoms with E-state index in [1.165, 1.54) is 17.0 Å². The molecule has 3 aromatic rings. The number of ether oxygens (including phenoxy) is 1. The Labute approximate surface area is 181 Å². The number of carbonyl (C=O) groups is 2. The Morgan fingerprint density at radius 3 is 2.61 bits per heavy atom. The van der Waals surface area contributed by atoms with Crippen molar-refractivity contribution < 1.29 is 18.7 Å². The summed E-state index contributed by atoms with van der Waals surface area (Å²) < 4.78 is 18.2. The van der Waals surface area contributed by atoms with Gasteiger partial charge in [0.15, 0.2) is 5.17 Å². The van der Waals surface area contributed by atoms with E-state index in [2.05, 4.69) is 10.2 Å². The average Bonchev–Trinajstić information content (AvgIpc) is 3.33. The number of nitrogens with zero attached hydrogens (tertiary/aromatic N) is 2. The lowest BCUT2D eigenvalue weighted by Gasteiger charge is -2.14. The Bertz CT molecular complexity index is 1190. The Morgan fingerprint density at radius 1 is 1.23 bits per heavy atom. The van der Waals surface area contributed by atoms with Crippen molar-refractivity contribution in [3.63, 3.8) is 0 Å². The standard InChI is InChI=1S/C22H17FN4O3S/c1-2-30-21(29)14-5-9-17(10-6-14)27-20(28)18(31-22(27)24)11-15-12-25-26-19(15)13-3-7-16(23)8-4-13/h3-12,24H,2H2,1H3,(H,25,26)/b18-11-,24-22?. The van der Waals surface area contributed by atoms with Gasteiger partial charge in [0.1, 0.15) is 5.82 Å². The molecule has 0 saturated carbocycles. The van der Waals surface area contributed by atoms with Gasteiger partial charge in [-0.1, -0.05) is 0 Å². The van der Waals surface area contributed by atoms with E-state index in [1.807, 2.05) is 0 Å². The molecule has 0 radical (unpaired) electrons. The summed E-state index contributed by atoms with van der Waals surface area (Å²) in [5.74, 6) is -1.15. The molecule has 0 atom stereocenters. The molecule has 2 heterocycles. The lowest BCUT2D eigenvalue weighted by Crippen LogP contribution is -2.28. The highest BCUT2D eigenvalue weighted by molar-refractivity contribution is 8.19. The normalized spacial score (nSPS) is 15.0. The maximum absolute atomic E-state index is 13.2. The number of carbonyl (C=O) groups excluding carboxylic acids is 2. The van der Waals surface area contributed by atoms with Crippen molar-refractivity contribution in [2.75, 3.05) is 11.5 Å². The summed E-state index contributed by atoms with van der Waals surface area (Å²) in [6.07, 6.45) is 3.22. The summed E-state index contributed by atoms with van der Waals surface area (Å²) in [7, 11) is 0. The summed E-state index contributed by atoms with van der Waals surface area (Å²) in [6.45, 7) is 2.00. The highest BCUT2D eigenvalue weighted by Crippen LogP contribution is 2.36. The van der Waals surface area contributed by atoms with Crippen LogP contribution in [0.4, 0.5) is 10.1 Å². The van der Waals surface area contributed by atoms with E-state index in [0.717, 1.165) is 17.3 Å². The molecule has 1 aliphatic rings. The van der Waals surface area contributed by atoms with Crippen LogP contribution >= 0.6 is 11.8 Å². The zero-order chi connectivity index (χ0) is 22.0. The SMILES string of the molecule is CCOC(=O)c1ccc(N2C(=N)S/C(=C\c3cn[nH]c3-c3ccc(F)cc3)C2=O)cc1. The van der Waals surface area contributed by atoms with E-state index in [9.17, 15) is 14.0 Å². The number of benzene rings is 2. The van der Waals surface area contributed by atoms with Crippen LogP contribution in [0.1, 0.15) is 22.8 Å². The third-order valence-electron chi connectivity index (χ3n) is 4.55. The van der Waals surface area contributed by atoms with Gasteiger partial charge in [0.05, 0.1) is 34.7 Å². The van der Waals surface area contributed by atoms with Gasteiger partial charge in [-0.25, -0.2) is 9.18 Å². The summed E-state index contributed by atoms with van der Waals surface area (Å²) in [5, 5.41) is 15.2. The molecule has 1 amide bonds. The molecular formula is C22H17FN4O3S. The average molecular weight is 436 g/mol. The highest BCUT2D eigenvalue weighted by atomic mass is 32.2. The molecule has 1 aromatic heterocycles. The maximum atomic E-state index is 13.2. The van der Waals surface area contributed by atoms with Crippen LogP contribution in [0, 0.1) is 11.2 Å². The van der Waals surface area contributed by atoms with Crippen molar-refractivity contribution >= 4 is 40.6 Å². The third kappa shape index (κ3) is 4.13. The van der Waals surface area contributed by atoms with Crippen molar-refractivity contribution in [1.82, 2.24) is 10.2 Å². The first-order valence-electron chi connectivity index (χ1n) is 9.37. The number of amidine groups is 1. The molecule has 0 aliphatic carbocycles. The predicted molar refractivity (Wildman–Crippen MR) is 117 cm³/mol. The number of H-pyrrole nitrogens is 1. The van der Waals surface area contributed by atoms with Gasteiger partial charge in [-0.3, -0.25) is 20.2 Å². The Hall–Kier alpha value is -3.72. The number of hydrogen-bond acceptors (Lipinski definition) is 6. The van der Waals surface area contributed by atoms with Crippen molar-refractivity contribution in [3.8, 4) is 11.3 Å². The monoisotopic (exact) mass is 436 g/mol. The molecule has 2 N–H and O–H groups in total. The van der Waals surface area contributed by atoms with Crippen LogP contribution < -0.4 is 4.90 Å². The summed E-state index contributed by atoms with van der Waals surface area (Å²) in [6, 6.07) is 12.3. The van der Waals surface area contributed by atoms with E-state index in [4.69, 9.17) is 10.1 Å². The lowest BCUT2D eigenvalue weighted by molar-refractivity contribution is -0.113. The van der Waals surface area contributed by atoms with Gasteiger partial charge in [-0.05, 0) is 73.3 Å². The van der Waals surface area contributed by atoms with Crippen LogP contribution in [0.5, 0.6) is 0 Å². The topological polar surface area (TPSA) is 99.1 Å². The van der Waals surface area contributed by atoms with Crippen molar-refractivity contribution in [2.24, 2.45) is 0 Å². The first-order valence-corrected chi connectivity index (χ1v) is 10.2. The van der Waals surface area contributed by atoms with Crippen molar-refractivity contribution in [2.45, 2.75) is 6.92 Å². The molecule has 1 aliphatic heterocycles. The number of halogens is 1. The minimum absolute atomic E-state index is 0.0481. The molecule has 1 saturated heterocycles. The summed E-state index contributed by atoms with van der Waals surface area (Å²) in [4.78, 5) is 26.4. The second kappa shape index (κ2) is 8.57. The van der Waals surface area contributed by atoms with Crippen LogP contribution in [0.15, 0.2) is 59.6 Å².